The fourth-order valence-corrected chi connectivity index (χ4v) is 1.99. The third-order valence-electron chi connectivity index (χ3n) is 2.26. The summed E-state index contributed by atoms with van der Waals surface area (Å²) in [7, 11) is 0. The Bertz CT molecular complexity index is 595. The lowest BCUT2D eigenvalue weighted by molar-refractivity contribution is 0.0689. The summed E-state index contributed by atoms with van der Waals surface area (Å²) in [5, 5.41) is 12.8. The zero-order valence-electron chi connectivity index (χ0n) is 8.82. The molecule has 0 atom stereocenters. The Morgan fingerprint density at radius 3 is 2.76 bits per heavy atom. The molecule has 0 aliphatic heterocycles. The molecule has 0 saturated carbocycles. The second-order valence-electron chi connectivity index (χ2n) is 3.51. The molecule has 0 unspecified atom stereocenters. The van der Waals surface area contributed by atoms with Crippen LogP contribution in [0.1, 0.15) is 16.1 Å². The van der Waals surface area contributed by atoms with Crippen LogP contribution in [0.15, 0.2) is 28.9 Å². The van der Waals surface area contributed by atoms with Crippen molar-refractivity contribution in [2.24, 2.45) is 0 Å². The van der Waals surface area contributed by atoms with Crippen LogP contribution in [0.5, 0.6) is 0 Å². The number of aryl methyl sites for hydroxylation is 1. The molecule has 6 heteroatoms. The molecule has 1 N–H and O–H groups in total. The van der Waals surface area contributed by atoms with Gasteiger partial charge >= 0.3 is 5.97 Å². The van der Waals surface area contributed by atoms with Crippen LogP contribution in [0, 0.1) is 12.7 Å². The highest BCUT2D eigenvalue weighted by molar-refractivity contribution is 9.10. The topological polar surface area (TPSA) is 55.1 Å². The summed E-state index contributed by atoms with van der Waals surface area (Å²) in [5.74, 6) is -1.46. The quantitative estimate of drug-likeness (QED) is 0.927. The highest BCUT2D eigenvalue weighted by Gasteiger charge is 2.14. The minimum absolute atomic E-state index is 0.0128. The molecule has 1 aromatic heterocycles. The molecule has 0 aliphatic rings. The van der Waals surface area contributed by atoms with E-state index in [1.54, 1.807) is 13.1 Å². The van der Waals surface area contributed by atoms with Gasteiger partial charge in [-0.3, -0.25) is 0 Å². The van der Waals surface area contributed by atoms with E-state index < -0.39 is 5.97 Å². The molecule has 4 nitrogen and oxygen atoms in total. The maximum absolute atomic E-state index is 12.9. The van der Waals surface area contributed by atoms with E-state index in [-0.39, 0.29) is 11.5 Å². The Labute approximate surface area is 105 Å². The Morgan fingerprint density at radius 2 is 2.24 bits per heavy atom. The first-order valence-corrected chi connectivity index (χ1v) is 5.53. The third-order valence-corrected chi connectivity index (χ3v) is 2.89. The van der Waals surface area contributed by atoms with Gasteiger partial charge in [-0.25, -0.2) is 13.9 Å². The van der Waals surface area contributed by atoms with Crippen LogP contribution in [-0.4, -0.2) is 20.9 Å². The molecule has 0 aliphatic carbocycles. The number of carboxylic acids is 1. The first-order valence-electron chi connectivity index (χ1n) is 4.74. The van der Waals surface area contributed by atoms with E-state index in [0.29, 0.717) is 15.7 Å². The molecular formula is C11H8BrFN2O2. The van der Waals surface area contributed by atoms with Crippen LogP contribution in [-0.2, 0) is 0 Å². The van der Waals surface area contributed by atoms with Crippen molar-refractivity contribution >= 4 is 21.9 Å². The normalized spacial score (nSPS) is 10.5. The van der Waals surface area contributed by atoms with E-state index in [4.69, 9.17) is 5.11 Å². The van der Waals surface area contributed by atoms with E-state index in [0.717, 1.165) is 0 Å². The summed E-state index contributed by atoms with van der Waals surface area (Å²) < 4.78 is 14.8. The molecule has 1 aromatic carbocycles. The van der Waals surface area contributed by atoms with E-state index in [9.17, 15) is 9.18 Å². The van der Waals surface area contributed by atoms with Gasteiger partial charge < -0.3 is 5.11 Å². The smallest absolute Gasteiger partial charge is 0.356 e. The van der Waals surface area contributed by atoms with Crippen molar-refractivity contribution < 1.29 is 14.3 Å². The van der Waals surface area contributed by atoms with Crippen LogP contribution < -0.4 is 0 Å². The van der Waals surface area contributed by atoms with Crippen LogP contribution in [0.3, 0.4) is 0 Å². The minimum Gasteiger partial charge on any atom is -0.476 e. The van der Waals surface area contributed by atoms with Crippen molar-refractivity contribution in [3.05, 3.63) is 45.9 Å². The lowest BCUT2D eigenvalue weighted by atomic mass is 10.3. The average Bonchev–Trinajstić information content (AvgIpc) is 2.60. The standard InChI is InChI=1S/C11H8BrFN2O2/c1-6-5-15(14-10(6)11(16)17)9-3-2-7(13)4-8(9)12/h2-5H,1H3,(H,16,17). The summed E-state index contributed by atoms with van der Waals surface area (Å²) in [6.45, 7) is 1.66. The number of nitrogens with zero attached hydrogens (tertiary/aromatic N) is 2. The summed E-state index contributed by atoms with van der Waals surface area (Å²) in [6, 6.07) is 4.11. The number of rotatable bonds is 2. The zero-order chi connectivity index (χ0) is 12.6. The van der Waals surface area contributed by atoms with Gasteiger partial charge in [0.05, 0.1) is 5.69 Å². The maximum atomic E-state index is 12.9. The number of aromatic nitrogens is 2. The molecule has 0 saturated heterocycles. The summed E-state index contributed by atoms with van der Waals surface area (Å²) in [5.41, 5.74) is 1.12. The highest BCUT2D eigenvalue weighted by Crippen LogP contribution is 2.22. The molecular weight excluding hydrogens is 291 g/mol. The number of aromatic carboxylic acids is 1. The van der Waals surface area contributed by atoms with Gasteiger partial charge in [-0.15, -0.1) is 0 Å². The monoisotopic (exact) mass is 298 g/mol. The Balaban J connectivity index is 2.53. The van der Waals surface area contributed by atoms with Crippen LogP contribution in [0.25, 0.3) is 5.69 Å². The molecule has 0 spiro atoms. The number of hydrogen-bond donors (Lipinski definition) is 1. The van der Waals surface area contributed by atoms with E-state index >= 15 is 0 Å². The molecule has 0 amide bonds. The number of hydrogen-bond acceptors (Lipinski definition) is 2. The van der Waals surface area contributed by atoms with Crippen molar-refractivity contribution in [1.82, 2.24) is 9.78 Å². The van der Waals surface area contributed by atoms with Crippen LogP contribution in [0.2, 0.25) is 0 Å². The van der Waals surface area contributed by atoms with Gasteiger partial charge in [0.1, 0.15) is 5.82 Å². The van der Waals surface area contributed by atoms with Gasteiger partial charge in [-0.05, 0) is 41.1 Å². The van der Waals surface area contributed by atoms with Gasteiger partial charge in [0.25, 0.3) is 0 Å². The van der Waals surface area contributed by atoms with Crippen molar-refractivity contribution in [3.8, 4) is 5.69 Å². The molecule has 2 rings (SSSR count). The Kier molecular flexibility index (Phi) is 2.97. The van der Waals surface area contributed by atoms with Crippen molar-refractivity contribution in [2.45, 2.75) is 6.92 Å². The molecule has 0 radical (unpaired) electrons. The minimum atomic E-state index is -1.08. The number of carboxylic acid groups (broad SMARTS) is 1. The van der Waals surface area contributed by atoms with Crippen LogP contribution in [0.4, 0.5) is 4.39 Å². The number of benzene rings is 1. The van der Waals surface area contributed by atoms with Gasteiger partial charge in [0.2, 0.25) is 0 Å². The fraction of sp³-hybridized carbons (Fsp3) is 0.0909. The summed E-state index contributed by atoms with van der Waals surface area (Å²) in [4.78, 5) is 10.9. The SMILES string of the molecule is Cc1cn(-c2ccc(F)cc2Br)nc1C(=O)O. The average molecular weight is 299 g/mol. The summed E-state index contributed by atoms with van der Waals surface area (Å²) in [6.07, 6.45) is 1.58. The van der Waals surface area contributed by atoms with E-state index in [1.165, 1.54) is 22.9 Å². The second-order valence-corrected chi connectivity index (χ2v) is 4.36. The zero-order valence-corrected chi connectivity index (χ0v) is 10.4. The fourth-order valence-electron chi connectivity index (χ4n) is 1.46. The van der Waals surface area contributed by atoms with Crippen molar-refractivity contribution in [2.75, 3.05) is 0 Å². The second kappa shape index (κ2) is 4.29. The van der Waals surface area contributed by atoms with Gasteiger partial charge in [-0.1, -0.05) is 0 Å². The first kappa shape index (κ1) is 11.8. The number of carbonyl (C=O) groups is 1. The highest BCUT2D eigenvalue weighted by atomic mass is 79.9. The number of halogens is 2. The van der Waals surface area contributed by atoms with E-state index in [1.807, 2.05) is 0 Å². The molecule has 88 valence electrons. The predicted molar refractivity (Wildman–Crippen MR) is 62.9 cm³/mol. The Morgan fingerprint density at radius 1 is 1.53 bits per heavy atom. The maximum Gasteiger partial charge on any atom is 0.356 e. The molecule has 1 heterocycles. The largest absolute Gasteiger partial charge is 0.476 e. The van der Waals surface area contributed by atoms with Gasteiger partial charge in [0, 0.05) is 16.2 Å². The van der Waals surface area contributed by atoms with Crippen molar-refractivity contribution in [1.29, 1.82) is 0 Å². The van der Waals surface area contributed by atoms with Gasteiger partial charge in [-0.2, -0.15) is 5.10 Å². The first-order chi connectivity index (χ1) is 7.99. The van der Waals surface area contributed by atoms with Crippen LogP contribution >= 0.6 is 15.9 Å². The lowest BCUT2D eigenvalue weighted by Gasteiger charge is -2.03. The van der Waals surface area contributed by atoms with Crippen molar-refractivity contribution in [3.63, 3.8) is 0 Å². The summed E-state index contributed by atoms with van der Waals surface area (Å²) >= 11 is 3.21. The molecule has 17 heavy (non-hydrogen) atoms. The Hall–Kier alpha value is -1.69. The van der Waals surface area contributed by atoms with Gasteiger partial charge in [0.15, 0.2) is 5.69 Å². The molecule has 0 fully saturated rings. The molecule has 0 bridgehead atoms. The predicted octanol–water partition coefficient (Wildman–Crippen LogP) is 2.78. The molecule has 2 aromatic rings. The lowest BCUT2D eigenvalue weighted by Crippen LogP contribution is -2.02. The van der Waals surface area contributed by atoms with E-state index in [2.05, 4.69) is 21.0 Å². The third kappa shape index (κ3) is 2.21.